The van der Waals surface area contributed by atoms with Gasteiger partial charge in [0.2, 0.25) is 5.91 Å². The SMILES string of the molecule is O=C(C1CCC1)N(CC1CCCO1)c1nc2c(F)cccc2s1. The molecule has 23 heavy (non-hydrogen) atoms. The quantitative estimate of drug-likeness (QED) is 0.855. The van der Waals surface area contributed by atoms with Crippen LogP contribution in [0.3, 0.4) is 0 Å². The van der Waals surface area contributed by atoms with Gasteiger partial charge in [0.15, 0.2) is 5.13 Å². The maximum atomic E-state index is 13.9. The van der Waals surface area contributed by atoms with Gasteiger partial charge in [-0.2, -0.15) is 0 Å². The number of rotatable bonds is 4. The van der Waals surface area contributed by atoms with Gasteiger partial charge in [0, 0.05) is 12.5 Å². The van der Waals surface area contributed by atoms with Crippen LogP contribution >= 0.6 is 11.3 Å². The molecule has 1 atom stereocenters. The zero-order valence-electron chi connectivity index (χ0n) is 12.8. The normalized spacial score (nSPS) is 21.5. The molecule has 1 unspecified atom stereocenters. The van der Waals surface area contributed by atoms with Crippen molar-refractivity contribution in [2.75, 3.05) is 18.1 Å². The summed E-state index contributed by atoms with van der Waals surface area (Å²) in [6.07, 6.45) is 5.06. The van der Waals surface area contributed by atoms with E-state index in [1.54, 1.807) is 11.0 Å². The molecule has 1 aromatic carbocycles. The van der Waals surface area contributed by atoms with Crippen molar-refractivity contribution < 1.29 is 13.9 Å². The van der Waals surface area contributed by atoms with Gasteiger partial charge >= 0.3 is 0 Å². The van der Waals surface area contributed by atoms with E-state index in [0.29, 0.717) is 17.2 Å². The molecule has 122 valence electrons. The minimum absolute atomic E-state index is 0.0656. The van der Waals surface area contributed by atoms with E-state index in [4.69, 9.17) is 4.74 Å². The highest BCUT2D eigenvalue weighted by molar-refractivity contribution is 7.22. The van der Waals surface area contributed by atoms with Crippen LogP contribution < -0.4 is 4.90 Å². The zero-order valence-corrected chi connectivity index (χ0v) is 13.7. The Morgan fingerprint density at radius 1 is 1.35 bits per heavy atom. The predicted molar refractivity (Wildman–Crippen MR) is 88.2 cm³/mol. The van der Waals surface area contributed by atoms with Crippen molar-refractivity contribution in [3.05, 3.63) is 24.0 Å². The van der Waals surface area contributed by atoms with Crippen LogP contribution in [0.2, 0.25) is 0 Å². The molecule has 4 rings (SSSR count). The molecule has 2 aliphatic rings. The van der Waals surface area contributed by atoms with Gasteiger partial charge in [-0.25, -0.2) is 9.37 Å². The average molecular weight is 334 g/mol. The summed E-state index contributed by atoms with van der Waals surface area (Å²) >= 11 is 1.38. The standard InChI is InChI=1S/C17H19FN2O2S/c18-13-7-2-8-14-15(13)19-17(23-14)20(10-12-6-3-9-22-12)16(21)11-4-1-5-11/h2,7-8,11-12H,1,3-6,9-10H2. The van der Waals surface area contributed by atoms with Crippen molar-refractivity contribution in [1.82, 2.24) is 4.98 Å². The fourth-order valence-corrected chi connectivity index (χ4v) is 4.14. The topological polar surface area (TPSA) is 42.4 Å². The molecule has 0 N–H and O–H groups in total. The fourth-order valence-electron chi connectivity index (χ4n) is 3.15. The van der Waals surface area contributed by atoms with Crippen LogP contribution in [0.1, 0.15) is 32.1 Å². The first-order valence-corrected chi connectivity index (χ1v) is 9.02. The lowest BCUT2D eigenvalue weighted by molar-refractivity contribution is -0.125. The number of amides is 1. The van der Waals surface area contributed by atoms with Crippen LogP contribution in [0.25, 0.3) is 10.2 Å². The number of thiazole rings is 1. The summed E-state index contributed by atoms with van der Waals surface area (Å²) < 4.78 is 20.4. The summed E-state index contributed by atoms with van der Waals surface area (Å²) in [5.41, 5.74) is 0.353. The molecule has 2 aromatic rings. The number of carbonyl (C=O) groups is 1. The maximum Gasteiger partial charge on any atom is 0.231 e. The molecule has 0 spiro atoms. The number of halogens is 1. The number of fused-ring (bicyclic) bond motifs is 1. The number of hydrogen-bond acceptors (Lipinski definition) is 4. The molecule has 1 aliphatic heterocycles. The summed E-state index contributed by atoms with van der Waals surface area (Å²) in [5, 5.41) is 0.595. The Morgan fingerprint density at radius 3 is 2.87 bits per heavy atom. The smallest absolute Gasteiger partial charge is 0.231 e. The average Bonchev–Trinajstić information content (AvgIpc) is 3.12. The van der Waals surface area contributed by atoms with Crippen molar-refractivity contribution in [2.24, 2.45) is 5.92 Å². The third-order valence-corrected chi connectivity index (χ3v) is 5.76. The first-order valence-electron chi connectivity index (χ1n) is 8.20. The molecular weight excluding hydrogens is 315 g/mol. The number of carbonyl (C=O) groups excluding carboxylic acids is 1. The van der Waals surface area contributed by atoms with E-state index in [1.165, 1.54) is 17.4 Å². The Balaban J connectivity index is 1.66. The van der Waals surface area contributed by atoms with Gasteiger partial charge in [-0.05, 0) is 37.8 Å². The Hall–Kier alpha value is -1.53. The summed E-state index contributed by atoms with van der Waals surface area (Å²) in [5.74, 6) is -0.127. The molecule has 1 amide bonds. The lowest BCUT2D eigenvalue weighted by atomic mass is 9.84. The van der Waals surface area contributed by atoms with Crippen molar-refractivity contribution in [3.63, 3.8) is 0 Å². The van der Waals surface area contributed by atoms with E-state index in [9.17, 15) is 9.18 Å². The maximum absolute atomic E-state index is 13.9. The van der Waals surface area contributed by atoms with Gasteiger partial charge < -0.3 is 4.74 Å². The van der Waals surface area contributed by atoms with Crippen LogP contribution in [-0.4, -0.2) is 30.1 Å². The Bertz CT molecular complexity index is 722. The van der Waals surface area contributed by atoms with Gasteiger partial charge in [0.1, 0.15) is 11.3 Å². The number of ether oxygens (including phenoxy) is 1. The fraction of sp³-hybridized carbons (Fsp3) is 0.529. The monoisotopic (exact) mass is 334 g/mol. The predicted octanol–water partition coefficient (Wildman–Crippen LogP) is 3.75. The Labute approximate surface area is 138 Å². The van der Waals surface area contributed by atoms with Gasteiger partial charge in [0.05, 0.1) is 17.3 Å². The molecule has 1 saturated heterocycles. The Kier molecular flexibility index (Phi) is 4.03. The highest BCUT2D eigenvalue weighted by Gasteiger charge is 2.33. The van der Waals surface area contributed by atoms with E-state index in [2.05, 4.69) is 4.98 Å². The number of para-hydroxylation sites is 1. The number of benzene rings is 1. The second-order valence-electron chi connectivity index (χ2n) is 6.29. The lowest BCUT2D eigenvalue weighted by Gasteiger charge is -2.31. The van der Waals surface area contributed by atoms with Crippen LogP contribution in [-0.2, 0) is 9.53 Å². The van der Waals surface area contributed by atoms with E-state index >= 15 is 0 Å². The van der Waals surface area contributed by atoms with Gasteiger partial charge in [0.25, 0.3) is 0 Å². The lowest BCUT2D eigenvalue weighted by Crippen LogP contribution is -2.43. The second-order valence-corrected chi connectivity index (χ2v) is 7.30. The largest absolute Gasteiger partial charge is 0.376 e. The molecule has 0 radical (unpaired) electrons. The van der Waals surface area contributed by atoms with Crippen LogP contribution in [0, 0.1) is 11.7 Å². The van der Waals surface area contributed by atoms with Crippen LogP contribution in [0.15, 0.2) is 18.2 Å². The highest BCUT2D eigenvalue weighted by Crippen LogP contribution is 2.35. The minimum Gasteiger partial charge on any atom is -0.376 e. The van der Waals surface area contributed by atoms with Crippen molar-refractivity contribution in [3.8, 4) is 0 Å². The molecule has 0 bridgehead atoms. The van der Waals surface area contributed by atoms with E-state index in [-0.39, 0.29) is 23.7 Å². The van der Waals surface area contributed by atoms with E-state index in [0.717, 1.165) is 43.4 Å². The van der Waals surface area contributed by atoms with Gasteiger partial charge in [-0.3, -0.25) is 9.69 Å². The molecule has 1 aliphatic carbocycles. The van der Waals surface area contributed by atoms with Gasteiger partial charge in [-0.15, -0.1) is 0 Å². The zero-order chi connectivity index (χ0) is 15.8. The minimum atomic E-state index is -0.335. The summed E-state index contributed by atoms with van der Waals surface area (Å²) in [4.78, 5) is 19.0. The molecular formula is C17H19FN2O2S. The summed E-state index contributed by atoms with van der Waals surface area (Å²) in [7, 11) is 0. The summed E-state index contributed by atoms with van der Waals surface area (Å²) in [6.45, 7) is 1.28. The third-order valence-electron chi connectivity index (χ3n) is 4.72. The van der Waals surface area contributed by atoms with Crippen LogP contribution in [0.5, 0.6) is 0 Å². The molecule has 1 saturated carbocycles. The second kappa shape index (κ2) is 6.17. The molecule has 6 heteroatoms. The molecule has 4 nitrogen and oxygen atoms in total. The third kappa shape index (κ3) is 2.85. The summed E-state index contributed by atoms with van der Waals surface area (Å²) in [6, 6.07) is 4.93. The van der Waals surface area contributed by atoms with Crippen molar-refractivity contribution in [1.29, 1.82) is 0 Å². The van der Waals surface area contributed by atoms with E-state index in [1.807, 2.05) is 6.07 Å². The first kappa shape index (κ1) is 15.0. The van der Waals surface area contributed by atoms with Crippen molar-refractivity contribution in [2.45, 2.75) is 38.2 Å². The van der Waals surface area contributed by atoms with Crippen LogP contribution in [0.4, 0.5) is 9.52 Å². The Morgan fingerprint density at radius 2 is 2.22 bits per heavy atom. The first-order chi connectivity index (χ1) is 11.2. The van der Waals surface area contributed by atoms with E-state index < -0.39 is 0 Å². The van der Waals surface area contributed by atoms with Crippen molar-refractivity contribution >= 4 is 32.6 Å². The molecule has 2 heterocycles. The molecule has 1 aromatic heterocycles. The highest BCUT2D eigenvalue weighted by atomic mass is 32.1. The van der Waals surface area contributed by atoms with Gasteiger partial charge in [-0.1, -0.05) is 23.8 Å². The number of hydrogen-bond donors (Lipinski definition) is 0. The molecule has 2 fully saturated rings. The number of nitrogens with zero attached hydrogens (tertiary/aromatic N) is 2. The number of anilines is 1. The number of aromatic nitrogens is 1.